The van der Waals surface area contributed by atoms with E-state index in [1.807, 2.05) is 19.2 Å². The predicted octanol–water partition coefficient (Wildman–Crippen LogP) is 2.62. The summed E-state index contributed by atoms with van der Waals surface area (Å²) in [5.41, 5.74) is 1.03. The SMILES string of the molecule is CN(CC1CC1)C(=O)c1coc(CN2CCN(c3ccccc3F)CC2)n1. The van der Waals surface area contributed by atoms with Crippen LogP contribution < -0.4 is 4.90 Å². The lowest BCUT2D eigenvalue weighted by Crippen LogP contribution is -2.46. The van der Waals surface area contributed by atoms with Crippen molar-refractivity contribution >= 4 is 11.6 Å². The molecule has 1 aromatic heterocycles. The first-order valence-corrected chi connectivity index (χ1v) is 9.52. The van der Waals surface area contributed by atoms with Gasteiger partial charge in [-0.05, 0) is 30.9 Å². The number of aromatic nitrogens is 1. The van der Waals surface area contributed by atoms with Gasteiger partial charge in [-0.25, -0.2) is 9.37 Å². The van der Waals surface area contributed by atoms with E-state index in [1.165, 1.54) is 25.2 Å². The molecule has 0 spiro atoms. The molecule has 2 aliphatic rings. The lowest BCUT2D eigenvalue weighted by Gasteiger charge is -2.35. The van der Waals surface area contributed by atoms with Crippen molar-refractivity contribution in [2.24, 2.45) is 5.92 Å². The summed E-state index contributed by atoms with van der Waals surface area (Å²) in [5, 5.41) is 0. The molecule has 0 radical (unpaired) electrons. The van der Waals surface area contributed by atoms with E-state index in [1.54, 1.807) is 11.0 Å². The largest absolute Gasteiger partial charge is 0.447 e. The monoisotopic (exact) mass is 372 g/mol. The number of hydrogen-bond acceptors (Lipinski definition) is 5. The minimum absolute atomic E-state index is 0.0822. The summed E-state index contributed by atoms with van der Waals surface area (Å²) in [5.74, 6) is 0.937. The third-order valence-corrected chi connectivity index (χ3v) is 5.27. The second-order valence-electron chi connectivity index (χ2n) is 7.47. The van der Waals surface area contributed by atoms with Gasteiger partial charge in [0.25, 0.3) is 5.91 Å². The van der Waals surface area contributed by atoms with Gasteiger partial charge in [0.1, 0.15) is 12.1 Å². The third-order valence-electron chi connectivity index (χ3n) is 5.27. The highest BCUT2D eigenvalue weighted by molar-refractivity contribution is 5.91. The summed E-state index contributed by atoms with van der Waals surface area (Å²) in [7, 11) is 1.82. The van der Waals surface area contributed by atoms with Crippen LogP contribution in [0.4, 0.5) is 10.1 Å². The quantitative estimate of drug-likeness (QED) is 0.780. The first-order chi connectivity index (χ1) is 13.1. The predicted molar refractivity (Wildman–Crippen MR) is 100 cm³/mol. The van der Waals surface area contributed by atoms with Crippen molar-refractivity contribution in [3.63, 3.8) is 0 Å². The highest BCUT2D eigenvalue weighted by Crippen LogP contribution is 2.29. The first-order valence-electron chi connectivity index (χ1n) is 9.52. The summed E-state index contributed by atoms with van der Waals surface area (Å²) >= 11 is 0. The van der Waals surface area contributed by atoms with Crippen LogP contribution in [0.1, 0.15) is 29.2 Å². The maximum absolute atomic E-state index is 13.9. The Labute approximate surface area is 158 Å². The number of anilines is 1. The molecule has 1 aliphatic heterocycles. The molecule has 2 aromatic rings. The van der Waals surface area contributed by atoms with E-state index >= 15 is 0 Å². The number of piperazine rings is 1. The minimum atomic E-state index is -0.183. The number of para-hydroxylation sites is 1. The van der Waals surface area contributed by atoms with E-state index in [0.717, 1.165) is 32.7 Å². The number of nitrogens with zero attached hydrogens (tertiary/aromatic N) is 4. The minimum Gasteiger partial charge on any atom is -0.447 e. The van der Waals surface area contributed by atoms with Crippen LogP contribution in [0.3, 0.4) is 0 Å². The average Bonchev–Trinajstić information content (AvgIpc) is 3.37. The van der Waals surface area contributed by atoms with Gasteiger partial charge in [0.05, 0.1) is 12.2 Å². The number of hydrogen-bond donors (Lipinski definition) is 0. The van der Waals surface area contributed by atoms with Crippen molar-refractivity contribution in [3.05, 3.63) is 47.9 Å². The Kier molecular flexibility index (Phi) is 5.11. The maximum atomic E-state index is 13.9. The highest BCUT2D eigenvalue weighted by Gasteiger charge is 2.27. The molecule has 0 unspecified atom stereocenters. The topological polar surface area (TPSA) is 52.8 Å². The van der Waals surface area contributed by atoms with Crippen LogP contribution in [0, 0.1) is 11.7 Å². The molecule has 1 aromatic carbocycles. The van der Waals surface area contributed by atoms with Crippen molar-refractivity contribution in [2.75, 3.05) is 44.7 Å². The molecule has 1 saturated heterocycles. The van der Waals surface area contributed by atoms with E-state index < -0.39 is 0 Å². The molecular weight excluding hydrogens is 347 g/mol. The molecular formula is C20H25FN4O2. The molecule has 1 saturated carbocycles. The van der Waals surface area contributed by atoms with E-state index in [0.29, 0.717) is 29.7 Å². The van der Waals surface area contributed by atoms with Crippen LogP contribution in [0.25, 0.3) is 0 Å². The molecule has 4 rings (SSSR count). The van der Waals surface area contributed by atoms with Gasteiger partial charge in [-0.15, -0.1) is 0 Å². The number of benzene rings is 1. The second-order valence-corrected chi connectivity index (χ2v) is 7.47. The zero-order valence-corrected chi connectivity index (χ0v) is 15.6. The maximum Gasteiger partial charge on any atom is 0.275 e. The van der Waals surface area contributed by atoms with Crippen LogP contribution in [-0.2, 0) is 6.54 Å². The molecule has 0 bridgehead atoms. The van der Waals surface area contributed by atoms with E-state index in [9.17, 15) is 9.18 Å². The number of amides is 1. The van der Waals surface area contributed by atoms with E-state index in [-0.39, 0.29) is 11.7 Å². The van der Waals surface area contributed by atoms with E-state index in [2.05, 4.69) is 14.8 Å². The number of oxazole rings is 1. The van der Waals surface area contributed by atoms with Crippen molar-refractivity contribution < 1.29 is 13.6 Å². The van der Waals surface area contributed by atoms with Gasteiger partial charge in [0, 0.05) is 39.8 Å². The number of halogens is 1. The average molecular weight is 372 g/mol. The summed E-state index contributed by atoms with van der Waals surface area (Å²) in [6, 6.07) is 6.87. The van der Waals surface area contributed by atoms with Crippen LogP contribution in [0.15, 0.2) is 34.9 Å². The Morgan fingerprint density at radius 3 is 2.70 bits per heavy atom. The molecule has 7 heteroatoms. The van der Waals surface area contributed by atoms with Gasteiger partial charge in [-0.2, -0.15) is 0 Å². The molecule has 0 atom stereocenters. The third kappa shape index (κ3) is 4.30. The van der Waals surface area contributed by atoms with Gasteiger partial charge in [0.15, 0.2) is 5.69 Å². The van der Waals surface area contributed by atoms with Crippen molar-refractivity contribution in [3.8, 4) is 0 Å². The lowest BCUT2D eigenvalue weighted by atomic mass is 10.2. The molecule has 1 amide bonds. The fourth-order valence-corrected chi connectivity index (χ4v) is 3.49. The fourth-order valence-electron chi connectivity index (χ4n) is 3.49. The van der Waals surface area contributed by atoms with Gasteiger partial charge in [-0.3, -0.25) is 9.69 Å². The van der Waals surface area contributed by atoms with Gasteiger partial charge >= 0.3 is 0 Å². The van der Waals surface area contributed by atoms with Crippen LogP contribution in [-0.4, -0.2) is 60.5 Å². The molecule has 6 nitrogen and oxygen atoms in total. The first kappa shape index (κ1) is 18.0. The van der Waals surface area contributed by atoms with Crippen LogP contribution >= 0.6 is 0 Å². The molecule has 0 N–H and O–H groups in total. The Morgan fingerprint density at radius 1 is 1.26 bits per heavy atom. The van der Waals surface area contributed by atoms with Gasteiger partial charge in [0.2, 0.25) is 5.89 Å². The zero-order valence-electron chi connectivity index (χ0n) is 15.6. The molecule has 27 heavy (non-hydrogen) atoms. The molecule has 144 valence electrons. The Bertz CT molecular complexity index is 797. The number of carbonyl (C=O) groups is 1. The van der Waals surface area contributed by atoms with E-state index in [4.69, 9.17) is 4.42 Å². The Hall–Kier alpha value is -2.41. The van der Waals surface area contributed by atoms with Crippen molar-refractivity contribution in [1.29, 1.82) is 0 Å². The molecule has 1 aliphatic carbocycles. The fraction of sp³-hybridized carbons (Fsp3) is 0.500. The number of carbonyl (C=O) groups excluding carboxylic acids is 1. The summed E-state index contributed by atoms with van der Waals surface area (Å²) in [6.45, 7) is 4.43. The van der Waals surface area contributed by atoms with Crippen molar-refractivity contribution in [2.45, 2.75) is 19.4 Å². The zero-order chi connectivity index (χ0) is 18.8. The van der Waals surface area contributed by atoms with Gasteiger partial charge in [-0.1, -0.05) is 12.1 Å². The van der Waals surface area contributed by atoms with Crippen molar-refractivity contribution in [1.82, 2.24) is 14.8 Å². The Morgan fingerprint density at radius 2 is 2.00 bits per heavy atom. The Balaban J connectivity index is 1.30. The molecule has 2 heterocycles. The molecule has 2 fully saturated rings. The standard InChI is InChI=1S/C20H25FN4O2/c1-23(12-15-6-7-15)20(26)17-14-27-19(22-17)13-24-8-10-25(11-9-24)18-5-3-2-4-16(18)21/h2-5,14-15H,6-13H2,1H3. The lowest BCUT2D eigenvalue weighted by molar-refractivity contribution is 0.0782. The summed E-state index contributed by atoms with van der Waals surface area (Å²) < 4.78 is 19.4. The summed E-state index contributed by atoms with van der Waals surface area (Å²) in [4.78, 5) is 22.8. The summed E-state index contributed by atoms with van der Waals surface area (Å²) in [6.07, 6.45) is 3.87. The van der Waals surface area contributed by atoms with Crippen LogP contribution in [0.5, 0.6) is 0 Å². The number of rotatable bonds is 6. The smallest absolute Gasteiger partial charge is 0.275 e. The second kappa shape index (κ2) is 7.68. The van der Waals surface area contributed by atoms with Gasteiger partial charge < -0.3 is 14.2 Å². The normalized spacial score (nSPS) is 17.9. The van der Waals surface area contributed by atoms with Crippen LogP contribution in [0.2, 0.25) is 0 Å². The highest BCUT2D eigenvalue weighted by atomic mass is 19.1.